The van der Waals surface area contributed by atoms with E-state index in [-0.39, 0.29) is 40.3 Å². The fourth-order valence-corrected chi connectivity index (χ4v) is 7.21. The number of urea groups is 1. The van der Waals surface area contributed by atoms with Crippen LogP contribution in [0, 0.1) is 5.92 Å². The van der Waals surface area contributed by atoms with E-state index in [0.717, 1.165) is 51.3 Å². The van der Waals surface area contributed by atoms with E-state index in [2.05, 4.69) is 58.5 Å². The number of hydrogen-bond acceptors (Lipinski definition) is 6. The van der Waals surface area contributed by atoms with Crippen molar-refractivity contribution in [2.75, 3.05) is 45.3 Å². The zero-order valence-corrected chi connectivity index (χ0v) is 23.9. The lowest BCUT2D eigenvalue weighted by atomic mass is 9.68. The molecular formula is C29H39N5O4S. The average molecular weight is 554 g/mol. The third kappa shape index (κ3) is 5.41. The molecule has 2 aromatic rings. The summed E-state index contributed by atoms with van der Waals surface area (Å²) in [6, 6.07) is 13.3. The number of pyridine rings is 1. The van der Waals surface area contributed by atoms with Gasteiger partial charge in [0.2, 0.25) is 5.91 Å². The Bertz CT molecular complexity index is 1320. The Hall–Kier alpha value is -2.98. The van der Waals surface area contributed by atoms with Crippen molar-refractivity contribution in [1.29, 1.82) is 0 Å². The number of carbonyl (C=O) groups excluding carboxylic acids is 2. The summed E-state index contributed by atoms with van der Waals surface area (Å²) in [5.41, 5.74) is 0.925. The van der Waals surface area contributed by atoms with Crippen LogP contribution in [-0.4, -0.2) is 85.6 Å². The van der Waals surface area contributed by atoms with E-state index in [1.54, 1.807) is 4.90 Å². The number of sulfone groups is 1. The molecule has 9 nitrogen and oxygen atoms in total. The average Bonchev–Trinajstić information content (AvgIpc) is 3.11. The highest BCUT2D eigenvalue weighted by molar-refractivity contribution is 7.90. The van der Waals surface area contributed by atoms with Crippen molar-refractivity contribution in [3.05, 3.63) is 54.2 Å². The lowest BCUT2D eigenvalue weighted by molar-refractivity contribution is -0.116. The zero-order valence-electron chi connectivity index (χ0n) is 23.1. The van der Waals surface area contributed by atoms with E-state index in [1.807, 2.05) is 6.07 Å². The second-order valence-corrected chi connectivity index (χ2v) is 13.8. The van der Waals surface area contributed by atoms with Gasteiger partial charge in [-0.3, -0.25) is 9.69 Å². The van der Waals surface area contributed by atoms with Gasteiger partial charge in [0.15, 0.2) is 9.84 Å². The van der Waals surface area contributed by atoms with Gasteiger partial charge in [-0.05, 0) is 76.2 Å². The van der Waals surface area contributed by atoms with Crippen LogP contribution in [0.3, 0.4) is 0 Å². The Morgan fingerprint density at radius 2 is 1.79 bits per heavy atom. The molecule has 1 aromatic heterocycles. The summed E-state index contributed by atoms with van der Waals surface area (Å²) in [4.78, 5) is 37.0. The predicted molar refractivity (Wildman–Crippen MR) is 150 cm³/mol. The molecule has 2 aliphatic carbocycles. The van der Waals surface area contributed by atoms with Gasteiger partial charge in [0.05, 0.1) is 10.4 Å². The molecule has 39 heavy (non-hydrogen) atoms. The summed E-state index contributed by atoms with van der Waals surface area (Å²) < 4.78 is 23.8. The normalized spacial score (nSPS) is 25.8. The Morgan fingerprint density at radius 3 is 2.38 bits per heavy atom. The molecule has 3 fully saturated rings. The Morgan fingerprint density at radius 1 is 1.10 bits per heavy atom. The number of nitrogens with one attached hydrogen (secondary N) is 1. The van der Waals surface area contributed by atoms with Crippen LogP contribution in [0.15, 0.2) is 53.6 Å². The van der Waals surface area contributed by atoms with Gasteiger partial charge in [0.25, 0.3) is 0 Å². The molecule has 210 valence electrons. The number of benzene rings is 1. The van der Waals surface area contributed by atoms with E-state index >= 15 is 0 Å². The zero-order chi connectivity index (χ0) is 27.8. The number of carbonyl (C=O) groups is 2. The number of anilines is 1. The van der Waals surface area contributed by atoms with Crippen molar-refractivity contribution >= 4 is 27.6 Å². The van der Waals surface area contributed by atoms with Gasteiger partial charge in [0.1, 0.15) is 12.4 Å². The minimum Gasteiger partial charge on any atom is -0.317 e. The van der Waals surface area contributed by atoms with E-state index in [1.165, 1.54) is 30.3 Å². The number of aromatic nitrogens is 1. The minimum atomic E-state index is -3.43. The Kier molecular flexibility index (Phi) is 7.45. The maximum absolute atomic E-state index is 13.8. The minimum absolute atomic E-state index is 0.0769. The molecule has 1 spiro atoms. The topological polar surface area (TPSA) is 103 Å². The SMILES string of the molecule is CN(C)[C@]1(c2ccccc2)CC[C@]2(CC1)CN(CC(=O)Nc1cc(S(C)(=O)=O)ccn1)C(=O)N2CC1CCC1. The van der Waals surface area contributed by atoms with Crippen LogP contribution in [0.2, 0.25) is 0 Å². The van der Waals surface area contributed by atoms with Crippen molar-refractivity contribution in [3.63, 3.8) is 0 Å². The van der Waals surface area contributed by atoms with Crippen LogP contribution in [0.1, 0.15) is 50.5 Å². The smallest absolute Gasteiger partial charge is 0.317 e. The molecule has 1 saturated heterocycles. The van der Waals surface area contributed by atoms with Gasteiger partial charge in [-0.1, -0.05) is 36.8 Å². The summed E-state index contributed by atoms with van der Waals surface area (Å²) in [5, 5.41) is 2.69. The predicted octanol–water partition coefficient (Wildman–Crippen LogP) is 3.73. The van der Waals surface area contributed by atoms with E-state index in [9.17, 15) is 18.0 Å². The Balaban J connectivity index is 1.33. The molecule has 3 aliphatic rings. The summed E-state index contributed by atoms with van der Waals surface area (Å²) >= 11 is 0. The second kappa shape index (κ2) is 10.5. The molecule has 3 amide bonds. The van der Waals surface area contributed by atoms with Gasteiger partial charge in [-0.25, -0.2) is 18.2 Å². The van der Waals surface area contributed by atoms with E-state index in [0.29, 0.717) is 12.5 Å². The molecule has 1 aliphatic heterocycles. The maximum Gasteiger partial charge on any atom is 0.321 e. The third-order valence-corrected chi connectivity index (χ3v) is 10.3. The lowest BCUT2D eigenvalue weighted by Gasteiger charge is -2.51. The van der Waals surface area contributed by atoms with Crippen LogP contribution < -0.4 is 5.32 Å². The first-order chi connectivity index (χ1) is 18.5. The van der Waals surface area contributed by atoms with Gasteiger partial charge in [-0.2, -0.15) is 0 Å². The first-order valence-electron chi connectivity index (χ1n) is 13.8. The highest BCUT2D eigenvalue weighted by Crippen LogP contribution is 2.49. The Labute approximate surface area is 231 Å². The van der Waals surface area contributed by atoms with Crippen LogP contribution in [0.5, 0.6) is 0 Å². The van der Waals surface area contributed by atoms with Crippen LogP contribution in [0.25, 0.3) is 0 Å². The van der Waals surface area contributed by atoms with Crippen molar-refractivity contribution in [3.8, 4) is 0 Å². The van der Waals surface area contributed by atoms with Gasteiger partial charge >= 0.3 is 6.03 Å². The molecular weight excluding hydrogens is 514 g/mol. The highest BCUT2D eigenvalue weighted by atomic mass is 32.2. The first kappa shape index (κ1) is 27.6. The van der Waals surface area contributed by atoms with Crippen molar-refractivity contribution < 1.29 is 18.0 Å². The number of amides is 3. The number of nitrogens with zero attached hydrogens (tertiary/aromatic N) is 4. The summed E-state index contributed by atoms with van der Waals surface area (Å²) in [6.07, 6.45) is 9.57. The van der Waals surface area contributed by atoms with Crippen molar-refractivity contribution in [1.82, 2.24) is 19.7 Å². The summed E-state index contributed by atoms with van der Waals surface area (Å²) in [6.45, 7) is 1.17. The molecule has 0 atom stereocenters. The monoisotopic (exact) mass is 553 g/mol. The fraction of sp³-hybridized carbons (Fsp3) is 0.552. The molecule has 2 saturated carbocycles. The molecule has 2 heterocycles. The summed E-state index contributed by atoms with van der Waals surface area (Å²) in [5.74, 6) is 0.300. The van der Waals surface area contributed by atoms with Crippen molar-refractivity contribution in [2.45, 2.75) is 60.9 Å². The van der Waals surface area contributed by atoms with Gasteiger partial charge < -0.3 is 15.1 Å². The van der Waals surface area contributed by atoms with Crippen molar-refractivity contribution in [2.24, 2.45) is 5.92 Å². The molecule has 0 unspecified atom stereocenters. The van der Waals surface area contributed by atoms with E-state index in [4.69, 9.17) is 0 Å². The largest absolute Gasteiger partial charge is 0.321 e. The molecule has 1 N–H and O–H groups in total. The fourth-order valence-electron chi connectivity index (χ4n) is 6.58. The third-order valence-electron chi connectivity index (χ3n) is 9.16. The highest BCUT2D eigenvalue weighted by Gasteiger charge is 2.55. The van der Waals surface area contributed by atoms with Crippen LogP contribution in [0.4, 0.5) is 10.6 Å². The summed E-state index contributed by atoms with van der Waals surface area (Å²) in [7, 11) is 0.850. The quantitative estimate of drug-likeness (QED) is 0.535. The molecule has 10 heteroatoms. The van der Waals surface area contributed by atoms with Crippen LogP contribution in [-0.2, 0) is 20.2 Å². The number of hydrogen-bond donors (Lipinski definition) is 1. The first-order valence-corrected chi connectivity index (χ1v) is 15.7. The molecule has 5 rings (SSSR count). The maximum atomic E-state index is 13.8. The standard InChI is InChI=1S/C29H39N5O4S/c1-32(2)29(23-10-5-4-6-11-23)15-13-28(14-16-29)21-33(27(36)34(28)19-22-8-7-9-22)20-26(35)31-25-18-24(12-17-30-25)39(3,37)38/h4-6,10-12,17-18,22H,7-9,13-16,19-21H2,1-3H3,(H,30,31,35)/t28-,29+. The molecule has 0 radical (unpaired) electrons. The second-order valence-electron chi connectivity index (χ2n) is 11.8. The van der Waals surface area contributed by atoms with Crippen LogP contribution >= 0.6 is 0 Å². The lowest BCUT2D eigenvalue weighted by Crippen LogP contribution is -2.56. The van der Waals surface area contributed by atoms with Gasteiger partial charge in [0, 0.05) is 31.1 Å². The van der Waals surface area contributed by atoms with Gasteiger partial charge in [-0.15, -0.1) is 0 Å². The molecule has 1 aromatic carbocycles. The number of rotatable bonds is 8. The molecule has 0 bridgehead atoms. The van der Waals surface area contributed by atoms with E-state index < -0.39 is 9.84 Å².